The van der Waals surface area contributed by atoms with Gasteiger partial charge < -0.3 is 9.79 Å². The molecule has 0 fully saturated rings. The van der Waals surface area contributed by atoms with Gasteiger partial charge in [0, 0.05) is 21.7 Å². The van der Waals surface area contributed by atoms with Gasteiger partial charge in [0.1, 0.15) is 0 Å². The monoisotopic (exact) mass is 162 g/mol. The second-order valence-electron chi connectivity index (χ2n) is 0.572. The van der Waals surface area contributed by atoms with Crippen LogP contribution in [0.15, 0.2) is 0 Å². The summed E-state index contributed by atoms with van der Waals surface area (Å²) in [5.41, 5.74) is 0. The van der Waals surface area contributed by atoms with Crippen molar-refractivity contribution in [2.45, 2.75) is 0 Å². The van der Waals surface area contributed by atoms with Crippen LogP contribution in [-0.4, -0.2) is 15.0 Å². The standard InChI is InChI=1S/H3O5P.Ti/c1-5-6(2,3)4;/h1H,(H2,2,3,4);. The van der Waals surface area contributed by atoms with E-state index in [1.165, 1.54) is 0 Å². The third-order valence-corrected chi connectivity index (χ3v) is 0.319. The Balaban J connectivity index is 0. The predicted octanol–water partition coefficient (Wildman–Crippen LogP) is -0.434. The molecule has 0 aromatic rings. The Bertz CT molecular complexity index is 72.1. The molecule has 0 saturated heterocycles. The quantitative estimate of drug-likeness (QED) is 0.210. The Hall–Kier alpha value is 0.784. The molecule has 0 heterocycles. The average molecular weight is 162 g/mol. The van der Waals surface area contributed by atoms with Gasteiger partial charge in [-0.25, -0.2) is 9.82 Å². The molecular weight excluding hydrogens is 159 g/mol. The van der Waals surface area contributed by atoms with E-state index in [2.05, 4.69) is 4.67 Å². The molecule has 42 valence electrons. The minimum atomic E-state index is -4.59. The van der Waals surface area contributed by atoms with Crippen LogP contribution in [0.25, 0.3) is 0 Å². The fraction of sp³-hybridized carbons (Fsp3) is 0. The molecular formula is H3O5PTi. The zero-order valence-electron chi connectivity index (χ0n) is 3.11. The van der Waals surface area contributed by atoms with Crippen molar-refractivity contribution in [3.63, 3.8) is 0 Å². The zero-order valence-corrected chi connectivity index (χ0v) is 5.56. The Morgan fingerprint density at radius 3 is 1.57 bits per heavy atom. The molecule has 0 bridgehead atoms. The van der Waals surface area contributed by atoms with E-state index >= 15 is 0 Å². The van der Waals surface area contributed by atoms with E-state index in [0.717, 1.165) is 0 Å². The fourth-order valence-electron chi connectivity index (χ4n) is 0. The maximum atomic E-state index is 9.22. The molecule has 0 aliphatic heterocycles. The summed E-state index contributed by atoms with van der Waals surface area (Å²) in [5.74, 6) is 0. The van der Waals surface area contributed by atoms with Crippen LogP contribution in [-0.2, 0) is 31.0 Å². The first kappa shape index (κ1) is 10.7. The van der Waals surface area contributed by atoms with E-state index in [1.54, 1.807) is 0 Å². The second-order valence-corrected chi connectivity index (χ2v) is 1.72. The van der Waals surface area contributed by atoms with Crippen molar-refractivity contribution in [2.75, 3.05) is 0 Å². The molecule has 0 spiro atoms. The first-order valence-corrected chi connectivity index (χ1v) is 2.48. The zero-order chi connectivity index (χ0) is 5.21. The predicted molar refractivity (Wildman–Crippen MR) is 15.8 cm³/mol. The summed E-state index contributed by atoms with van der Waals surface area (Å²) in [4.78, 5) is 14.9. The van der Waals surface area contributed by atoms with Crippen LogP contribution >= 0.6 is 7.82 Å². The normalized spacial score (nSPS) is 10.1. The van der Waals surface area contributed by atoms with Gasteiger partial charge in [-0.15, -0.1) is 4.67 Å². The van der Waals surface area contributed by atoms with Crippen LogP contribution in [0.4, 0.5) is 0 Å². The Morgan fingerprint density at radius 1 is 1.43 bits per heavy atom. The van der Waals surface area contributed by atoms with E-state index < -0.39 is 7.82 Å². The van der Waals surface area contributed by atoms with Gasteiger partial charge in [-0.3, -0.25) is 0 Å². The minimum Gasteiger partial charge on any atom is -0.301 e. The fourth-order valence-corrected chi connectivity index (χ4v) is 0. The number of hydrogen-bond acceptors (Lipinski definition) is 3. The maximum Gasteiger partial charge on any atom is 0.496 e. The summed E-state index contributed by atoms with van der Waals surface area (Å²) < 4.78 is 11.8. The molecule has 0 radical (unpaired) electrons. The van der Waals surface area contributed by atoms with Gasteiger partial charge in [-0.05, 0) is 0 Å². The SMILES string of the molecule is O=P(O)(O)OO.[Ti]. The van der Waals surface area contributed by atoms with Crippen molar-refractivity contribution in [3.05, 3.63) is 0 Å². The van der Waals surface area contributed by atoms with Gasteiger partial charge in [0.2, 0.25) is 0 Å². The topological polar surface area (TPSA) is 87.0 Å². The van der Waals surface area contributed by atoms with Crippen molar-refractivity contribution >= 4 is 7.82 Å². The first-order chi connectivity index (χ1) is 2.56. The van der Waals surface area contributed by atoms with Crippen LogP contribution < -0.4 is 0 Å². The van der Waals surface area contributed by atoms with E-state index in [9.17, 15) is 4.57 Å². The summed E-state index contributed by atoms with van der Waals surface area (Å²) in [7, 11) is -4.59. The molecule has 7 heavy (non-hydrogen) atoms. The second kappa shape index (κ2) is 3.75. The van der Waals surface area contributed by atoms with Crippen molar-refractivity contribution in [1.29, 1.82) is 0 Å². The molecule has 0 unspecified atom stereocenters. The van der Waals surface area contributed by atoms with Gasteiger partial charge in [-0.1, -0.05) is 0 Å². The summed E-state index contributed by atoms with van der Waals surface area (Å²) in [6.45, 7) is 0. The van der Waals surface area contributed by atoms with E-state index in [0.29, 0.717) is 0 Å². The third kappa shape index (κ3) is 10.8. The summed E-state index contributed by atoms with van der Waals surface area (Å²) >= 11 is 0. The van der Waals surface area contributed by atoms with Crippen LogP contribution in [0.5, 0.6) is 0 Å². The summed E-state index contributed by atoms with van der Waals surface area (Å²) in [6.07, 6.45) is 0. The maximum absolute atomic E-state index is 9.22. The van der Waals surface area contributed by atoms with Crippen LogP contribution in [0.1, 0.15) is 0 Å². The Morgan fingerprint density at radius 2 is 1.57 bits per heavy atom. The largest absolute Gasteiger partial charge is 0.496 e. The summed E-state index contributed by atoms with van der Waals surface area (Å²) in [6, 6.07) is 0. The van der Waals surface area contributed by atoms with E-state index in [1.807, 2.05) is 0 Å². The molecule has 0 atom stereocenters. The van der Waals surface area contributed by atoms with Crippen molar-refractivity contribution in [3.8, 4) is 0 Å². The summed E-state index contributed by atoms with van der Waals surface area (Å²) in [5, 5.41) is 7.14. The molecule has 0 aromatic carbocycles. The van der Waals surface area contributed by atoms with Gasteiger partial charge in [-0.2, -0.15) is 0 Å². The van der Waals surface area contributed by atoms with Crippen molar-refractivity contribution < 1.29 is 46.0 Å². The van der Waals surface area contributed by atoms with Gasteiger partial charge >= 0.3 is 7.82 Å². The number of hydrogen-bond donors (Lipinski definition) is 3. The van der Waals surface area contributed by atoms with Crippen molar-refractivity contribution in [1.82, 2.24) is 0 Å². The van der Waals surface area contributed by atoms with Crippen LogP contribution in [0.2, 0.25) is 0 Å². The molecule has 0 rings (SSSR count). The molecule has 7 heteroatoms. The van der Waals surface area contributed by atoms with Crippen molar-refractivity contribution in [2.24, 2.45) is 0 Å². The Kier molecular flexibility index (Phi) is 5.73. The smallest absolute Gasteiger partial charge is 0.301 e. The third-order valence-electron chi connectivity index (χ3n) is 0.106. The molecule has 0 aliphatic carbocycles. The number of rotatable bonds is 1. The van der Waals surface area contributed by atoms with E-state index in [4.69, 9.17) is 15.0 Å². The molecule has 3 N–H and O–H groups in total. The molecule has 0 aliphatic rings. The van der Waals surface area contributed by atoms with E-state index in [-0.39, 0.29) is 21.7 Å². The first-order valence-electron chi connectivity index (χ1n) is 0.948. The molecule has 0 saturated carbocycles. The molecule has 5 nitrogen and oxygen atoms in total. The number of phosphoric acid groups is 1. The van der Waals surface area contributed by atoms with Crippen LogP contribution in [0.3, 0.4) is 0 Å². The average Bonchev–Trinajstić information content (AvgIpc) is 1.35. The van der Waals surface area contributed by atoms with Gasteiger partial charge in [0.15, 0.2) is 0 Å². The Labute approximate surface area is 54.4 Å². The van der Waals surface area contributed by atoms with Gasteiger partial charge in [0.25, 0.3) is 0 Å². The molecule has 0 aromatic heterocycles. The minimum absolute atomic E-state index is 0. The van der Waals surface area contributed by atoms with Gasteiger partial charge in [0.05, 0.1) is 0 Å². The molecule has 0 amide bonds. The van der Waals surface area contributed by atoms with Crippen LogP contribution in [0, 0.1) is 0 Å².